The molecule has 2 rings (SSSR count). The molecule has 0 aliphatic carbocycles. The number of nitrogens with one attached hydrogen (secondary N) is 1. The number of aromatic hydroxyl groups is 1. The van der Waals surface area contributed by atoms with Crippen LogP contribution in [0.1, 0.15) is 5.56 Å². The average Bonchev–Trinajstić information content (AvgIpc) is 2.51. The van der Waals surface area contributed by atoms with Crippen LogP contribution in [0.25, 0.3) is 0 Å². The highest BCUT2D eigenvalue weighted by Gasteiger charge is 2.17. The van der Waals surface area contributed by atoms with Gasteiger partial charge in [-0.15, -0.1) is 0 Å². The van der Waals surface area contributed by atoms with Crippen LogP contribution < -0.4 is 5.43 Å². The zero-order valence-electron chi connectivity index (χ0n) is 12.1. The molecule has 0 spiro atoms. The Morgan fingerprint density at radius 3 is 2.87 bits per heavy atom. The summed E-state index contributed by atoms with van der Waals surface area (Å²) in [6, 6.07) is 2.72. The summed E-state index contributed by atoms with van der Waals surface area (Å²) < 4.78 is 5.52. The lowest BCUT2D eigenvalue weighted by Gasteiger charge is -2.25. The number of morpholine rings is 1. The number of nitro groups is 1. The second kappa shape index (κ2) is 8.17. The number of carbonyl (C=O) groups is 1. The molecule has 1 amide bonds. The fourth-order valence-electron chi connectivity index (χ4n) is 2.00. The Kier molecular flexibility index (Phi) is 6.24. The third-order valence-corrected chi connectivity index (χ3v) is 3.96. The Balaban J connectivity index is 1.94. The van der Waals surface area contributed by atoms with Gasteiger partial charge in [-0.05, 0) is 28.7 Å². The van der Waals surface area contributed by atoms with Gasteiger partial charge in [0, 0.05) is 24.7 Å². The molecule has 0 aromatic heterocycles. The van der Waals surface area contributed by atoms with Crippen molar-refractivity contribution in [3.8, 4) is 5.75 Å². The molecule has 1 aromatic carbocycles. The van der Waals surface area contributed by atoms with Crippen LogP contribution in [0.2, 0.25) is 0 Å². The van der Waals surface area contributed by atoms with Gasteiger partial charge < -0.3 is 9.84 Å². The summed E-state index contributed by atoms with van der Waals surface area (Å²) in [7, 11) is 0. The van der Waals surface area contributed by atoms with Gasteiger partial charge in [-0.2, -0.15) is 5.10 Å². The van der Waals surface area contributed by atoms with Gasteiger partial charge in [0.25, 0.3) is 5.91 Å². The second-order valence-electron chi connectivity index (χ2n) is 4.81. The molecule has 124 valence electrons. The van der Waals surface area contributed by atoms with E-state index in [0.29, 0.717) is 35.4 Å². The number of rotatable bonds is 5. The first-order chi connectivity index (χ1) is 11.0. The Morgan fingerprint density at radius 2 is 2.22 bits per heavy atom. The van der Waals surface area contributed by atoms with Gasteiger partial charge in [-0.1, -0.05) is 0 Å². The Labute approximate surface area is 145 Å². The van der Waals surface area contributed by atoms with Crippen LogP contribution in [0.15, 0.2) is 17.2 Å². The first kappa shape index (κ1) is 17.6. The maximum absolute atomic E-state index is 11.7. The van der Waals surface area contributed by atoms with E-state index in [1.54, 1.807) is 22.6 Å². The zero-order chi connectivity index (χ0) is 16.8. The van der Waals surface area contributed by atoms with E-state index in [0.717, 1.165) is 0 Å². The second-order valence-corrected chi connectivity index (χ2v) is 5.97. The lowest BCUT2D eigenvalue weighted by atomic mass is 10.2. The van der Waals surface area contributed by atoms with E-state index in [9.17, 15) is 20.0 Å². The van der Waals surface area contributed by atoms with E-state index >= 15 is 0 Å². The summed E-state index contributed by atoms with van der Waals surface area (Å²) in [4.78, 5) is 23.9. The fraction of sp³-hybridized carbons (Fsp3) is 0.385. The van der Waals surface area contributed by atoms with E-state index in [-0.39, 0.29) is 18.2 Å². The summed E-state index contributed by atoms with van der Waals surface area (Å²) in [5.41, 5.74) is 2.38. The number of hydrogen-bond donors (Lipinski definition) is 2. The number of amides is 1. The molecule has 1 saturated heterocycles. The van der Waals surface area contributed by atoms with Gasteiger partial charge in [0.15, 0.2) is 0 Å². The molecular weight excluding hydrogens is 419 g/mol. The summed E-state index contributed by atoms with van der Waals surface area (Å²) in [5.74, 6) is -0.657. The molecule has 1 aromatic rings. The van der Waals surface area contributed by atoms with Crippen molar-refractivity contribution < 1.29 is 19.6 Å². The van der Waals surface area contributed by atoms with Crippen molar-refractivity contribution in [1.29, 1.82) is 0 Å². The lowest BCUT2D eigenvalue weighted by molar-refractivity contribution is -0.386. The molecule has 10 heteroatoms. The van der Waals surface area contributed by atoms with Crippen molar-refractivity contribution in [2.75, 3.05) is 32.8 Å². The summed E-state index contributed by atoms with van der Waals surface area (Å²) in [6.45, 7) is 2.81. The number of halogens is 1. The lowest BCUT2D eigenvalue weighted by Crippen LogP contribution is -2.42. The first-order valence-electron chi connectivity index (χ1n) is 6.76. The van der Waals surface area contributed by atoms with Crippen LogP contribution in [0, 0.1) is 13.7 Å². The van der Waals surface area contributed by atoms with Crippen molar-refractivity contribution >= 4 is 40.4 Å². The number of hydrazone groups is 1. The summed E-state index contributed by atoms with van der Waals surface area (Å²) >= 11 is 1.79. The Bertz CT molecular complexity index is 631. The molecule has 23 heavy (non-hydrogen) atoms. The third-order valence-electron chi connectivity index (χ3n) is 3.14. The molecule has 0 atom stereocenters. The number of ether oxygens (including phenoxy) is 1. The van der Waals surface area contributed by atoms with E-state index in [1.165, 1.54) is 18.3 Å². The van der Waals surface area contributed by atoms with Crippen molar-refractivity contribution in [3.05, 3.63) is 31.4 Å². The predicted molar refractivity (Wildman–Crippen MR) is 90.5 cm³/mol. The standard InChI is InChI=1S/C13H15IN4O5/c14-10-5-9(6-11(13(10)20)18(21)22)7-15-16-12(19)8-17-1-3-23-4-2-17/h5-7,20H,1-4,8H2,(H,16,19)/b15-7-. The van der Waals surface area contributed by atoms with Crippen LogP contribution in [-0.4, -0.2) is 59.9 Å². The van der Waals surface area contributed by atoms with E-state index < -0.39 is 10.6 Å². The number of carbonyl (C=O) groups excluding carboxylic acids is 1. The molecule has 0 unspecified atom stereocenters. The van der Waals surface area contributed by atoms with Gasteiger partial charge in [-0.3, -0.25) is 19.8 Å². The minimum absolute atomic E-state index is 0.216. The van der Waals surface area contributed by atoms with Gasteiger partial charge in [-0.25, -0.2) is 5.43 Å². The Morgan fingerprint density at radius 1 is 1.52 bits per heavy atom. The molecule has 0 saturated carbocycles. The number of phenolic OH excluding ortho intramolecular Hbond substituents is 1. The first-order valence-corrected chi connectivity index (χ1v) is 7.84. The van der Waals surface area contributed by atoms with Gasteiger partial charge in [0.2, 0.25) is 5.75 Å². The molecule has 0 radical (unpaired) electrons. The van der Waals surface area contributed by atoms with Crippen LogP contribution in [0.3, 0.4) is 0 Å². The van der Waals surface area contributed by atoms with Crippen LogP contribution in [0.4, 0.5) is 5.69 Å². The molecule has 1 aliphatic rings. The molecule has 9 nitrogen and oxygen atoms in total. The quantitative estimate of drug-likeness (QED) is 0.305. The predicted octanol–water partition coefficient (Wildman–Crippen LogP) is 0.687. The minimum Gasteiger partial charge on any atom is -0.501 e. The highest BCUT2D eigenvalue weighted by atomic mass is 127. The van der Waals surface area contributed by atoms with Gasteiger partial charge >= 0.3 is 5.69 Å². The van der Waals surface area contributed by atoms with Crippen molar-refractivity contribution in [3.63, 3.8) is 0 Å². The highest BCUT2D eigenvalue weighted by Crippen LogP contribution is 2.31. The summed E-state index contributed by atoms with van der Waals surface area (Å²) in [6.07, 6.45) is 1.30. The van der Waals surface area contributed by atoms with Crippen molar-refractivity contribution in [2.24, 2.45) is 5.10 Å². The van der Waals surface area contributed by atoms with Crippen LogP contribution in [-0.2, 0) is 9.53 Å². The number of hydrogen-bond acceptors (Lipinski definition) is 7. The number of benzene rings is 1. The smallest absolute Gasteiger partial charge is 0.312 e. The molecule has 1 aliphatic heterocycles. The zero-order valence-corrected chi connectivity index (χ0v) is 14.2. The maximum Gasteiger partial charge on any atom is 0.312 e. The Hall–Kier alpha value is -1.79. The maximum atomic E-state index is 11.7. The number of phenols is 1. The van der Waals surface area contributed by atoms with Crippen LogP contribution in [0.5, 0.6) is 5.75 Å². The van der Waals surface area contributed by atoms with E-state index in [1.807, 2.05) is 4.90 Å². The molecule has 1 heterocycles. The van der Waals surface area contributed by atoms with E-state index in [2.05, 4.69) is 10.5 Å². The third kappa shape index (κ3) is 5.11. The van der Waals surface area contributed by atoms with Crippen LogP contribution >= 0.6 is 22.6 Å². The molecular formula is C13H15IN4O5. The summed E-state index contributed by atoms with van der Waals surface area (Å²) in [5, 5.41) is 24.2. The van der Waals surface area contributed by atoms with Gasteiger partial charge in [0.1, 0.15) is 0 Å². The average molecular weight is 434 g/mol. The topological polar surface area (TPSA) is 117 Å². The van der Waals surface area contributed by atoms with Gasteiger partial charge in [0.05, 0.1) is 34.5 Å². The normalized spacial score (nSPS) is 15.7. The molecule has 2 N–H and O–H groups in total. The van der Waals surface area contributed by atoms with Crippen molar-refractivity contribution in [2.45, 2.75) is 0 Å². The fourth-order valence-corrected chi connectivity index (χ4v) is 2.63. The van der Waals surface area contributed by atoms with Crippen molar-refractivity contribution in [1.82, 2.24) is 10.3 Å². The molecule has 0 bridgehead atoms. The van der Waals surface area contributed by atoms with E-state index in [4.69, 9.17) is 4.74 Å². The monoisotopic (exact) mass is 434 g/mol. The number of nitro benzene ring substituents is 1. The number of nitrogens with zero attached hydrogens (tertiary/aromatic N) is 3. The molecule has 1 fully saturated rings. The SMILES string of the molecule is O=C(CN1CCOCC1)N/N=C\c1cc(I)c(O)c([N+](=O)[O-])c1. The minimum atomic E-state index is -0.675. The largest absolute Gasteiger partial charge is 0.501 e. The highest BCUT2D eigenvalue weighted by molar-refractivity contribution is 14.1.